The van der Waals surface area contributed by atoms with E-state index in [-0.39, 0.29) is 12.1 Å². The van der Waals surface area contributed by atoms with Gasteiger partial charge in [-0.1, -0.05) is 19.1 Å². The summed E-state index contributed by atoms with van der Waals surface area (Å²) in [6, 6.07) is 7.19. The minimum Gasteiger partial charge on any atom is -0.328 e. The van der Waals surface area contributed by atoms with E-state index in [1.165, 1.54) is 0 Å². The Balaban J connectivity index is 1.99. The van der Waals surface area contributed by atoms with Crippen LogP contribution in [0.5, 0.6) is 0 Å². The third-order valence-electron chi connectivity index (χ3n) is 2.92. The summed E-state index contributed by atoms with van der Waals surface area (Å²) in [5.41, 5.74) is 1.86. The Bertz CT molecular complexity index is 593. The summed E-state index contributed by atoms with van der Waals surface area (Å²) in [6.45, 7) is 5.79. The van der Waals surface area contributed by atoms with Crippen LogP contribution < -0.4 is 10.6 Å². The van der Waals surface area contributed by atoms with Crippen molar-refractivity contribution >= 4 is 11.7 Å². The van der Waals surface area contributed by atoms with Gasteiger partial charge in [-0.15, -0.1) is 0 Å². The Labute approximate surface area is 118 Å². The average Bonchev–Trinajstić information content (AvgIpc) is 2.82. The molecular weight excluding hydrogens is 254 g/mol. The second-order valence-electron chi connectivity index (χ2n) is 4.71. The number of aromatic amines is 1. The van der Waals surface area contributed by atoms with Gasteiger partial charge in [0.05, 0.1) is 6.04 Å². The van der Waals surface area contributed by atoms with Crippen LogP contribution in [0, 0.1) is 13.8 Å². The van der Waals surface area contributed by atoms with E-state index in [4.69, 9.17) is 0 Å². The summed E-state index contributed by atoms with van der Waals surface area (Å²) >= 11 is 0. The largest absolute Gasteiger partial charge is 0.328 e. The van der Waals surface area contributed by atoms with Crippen molar-refractivity contribution in [2.45, 2.75) is 33.2 Å². The number of nitrogens with one attached hydrogen (secondary N) is 3. The van der Waals surface area contributed by atoms with Crippen LogP contribution in [0.1, 0.15) is 36.6 Å². The van der Waals surface area contributed by atoms with E-state index in [0.29, 0.717) is 5.82 Å². The topological polar surface area (TPSA) is 82.7 Å². The molecule has 1 heterocycles. The first-order valence-electron chi connectivity index (χ1n) is 6.61. The maximum Gasteiger partial charge on any atom is 0.319 e. The van der Waals surface area contributed by atoms with Crippen molar-refractivity contribution in [2.75, 3.05) is 5.32 Å². The van der Waals surface area contributed by atoms with Crippen molar-refractivity contribution < 1.29 is 4.79 Å². The van der Waals surface area contributed by atoms with E-state index in [0.717, 1.165) is 23.5 Å². The normalized spacial score (nSPS) is 11.9. The van der Waals surface area contributed by atoms with Gasteiger partial charge in [-0.3, -0.25) is 5.10 Å². The van der Waals surface area contributed by atoms with Gasteiger partial charge in [0.2, 0.25) is 0 Å². The molecule has 6 nitrogen and oxygen atoms in total. The Morgan fingerprint density at radius 2 is 2.20 bits per heavy atom. The number of urea groups is 1. The number of nitrogens with zero attached hydrogens (tertiary/aromatic N) is 2. The number of rotatable bonds is 4. The van der Waals surface area contributed by atoms with Gasteiger partial charge in [0, 0.05) is 5.69 Å². The molecule has 2 aromatic rings. The molecule has 1 unspecified atom stereocenters. The number of aromatic nitrogens is 3. The zero-order valence-corrected chi connectivity index (χ0v) is 11.9. The highest BCUT2D eigenvalue weighted by Crippen LogP contribution is 2.13. The van der Waals surface area contributed by atoms with Gasteiger partial charge in [-0.05, 0) is 38.0 Å². The summed E-state index contributed by atoms with van der Waals surface area (Å²) in [5, 5.41) is 12.5. The third-order valence-corrected chi connectivity index (χ3v) is 2.92. The lowest BCUT2D eigenvalue weighted by Crippen LogP contribution is -2.32. The van der Waals surface area contributed by atoms with E-state index in [1.807, 2.05) is 45.0 Å². The van der Waals surface area contributed by atoms with Crippen molar-refractivity contribution in [1.29, 1.82) is 0 Å². The minimum absolute atomic E-state index is 0.204. The second kappa shape index (κ2) is 6.18. The van der Waals surface area contributed by atoms with Crippen LogP contribution in [0.3, 0.4) is 0 Å². The molecule has 1 aromatic carbocycles. The maximum atomic E-state index is 12.0. The van der Waals surface area contributed by atoms with E-state index < -0.39 is 0 Å². The highest BCUT2D eigenvalue weighted by Gasteiger charge is 2.16. The van der Waals surface area contributed by atoms with Crippen LogP contribution in [0.15, 0.2) is 24.3 Å². The number of H-pyrrole nitrogens is 1. The zero-order valence-electron chi connectivity index (χ0n) is 11.9. The van der Waals surface area contributed by atoms with Crippen molar-refractivity contribution in [3.63, 3.8) is 0 Å². The van der Waals surface area contributed by atoms with Crippen LogP contribution in [-0.2, 0) is 0 Å². The molecule has 0 fully saturated rings. The van der Waals surface area contributed by atoms with Crippen molar-refractivity contribution in [3.05, 3.63) is 41.5 Å². The van der Waals surface area contributed by atoms with Gasteiger partial charge in [-0.25, -0.2) is 9.78 Å². The molecule has 1 aromatic heterocycles. The first kappa shape index (κ1) is 14.0. The van der Waals surface area contributed by atoms with Gasteiger partial charge in [0.15, 0.2) is 5.82 Å². The Morgan fingerprint density at radius 1 is 1.40 bits per heavy atom. The highest BCUT2D eigenvalue weighted by molar-refractivity contribution is 5.89. The predicted molar refractivity (Wildman–Crippen MR) is 77.5 cm³/mol. The molecule has 0 aliphatic heterocycles. The number of aryl methyl sites for hydroxylation is 2. The fraction of sp³-hybridized carbons (Fsp3) is 0.357. The first-order valence-corrected chi connectivity index (χ1v) is 6.61. The number of hydrogen-bond donors (Lipinski definition) is 3. The molecule has 0 spiro atoms. The van der Waals surface area contributed by atoms with Gasteiger partial charge in [-0.2, -0.15) is 5.10 Å². The quantitative estimate of drug-likeness (QED) is 0.801. The molecule has 0 radical (unpaired) electrons. The summed E-state index contributed by atoms with van der Waals surface area (Å²) in [4.78, 5) is 16.2. The predicted octanol–water partition coefficient (Wildman–Crippen LogP) is 2.69. The van der Waals surface area contributed by atoms with Gasteiger partial charge >= 0.3 is 6.03 Å². The van der Waals surface area contributed by atoms with E-state index in [9.17, 15) is 4.79 Å². The van der Waals surface area contributed by atoms with E-state index in [1.54, 1.807) is 0 Å². The molecule has 3 N–H and O–H groups in total. The monoisotopic (exact) mass is 273 g/mol. The molecule has 0 bridgehead atoms. The van der Waals surface area contributed by atoms with Crippen molar-refractivity contribution in [1.82, 2.24) is 20.5 Å². The number of benzene rings is 1. The molecule has 1 atom stereocenters. The molecule has 0 saturated heterocycles. The summed E-state index contributed by atoms with van der Waals surface area (Å²) in [6.07, 6.45) is 0.721. The van der Waals surface area contributed by atoms with Gasteiger partial charge < -0.3 is 10.6 Å². The van der Waals surface area contributed by atoms with Crippen molar-refractivity contribution in [2.24, 2.45) is 0 Å². The summed E-state index contributed by atoms with van der Waals surface area (Å²) < 4.78 is 0. The Morgan fingerprint density at radius 3 is 2.80 bits per heavy atom. The standard InChI is InChI=1S/C14H19N5O/c1-4-12(13-15-10(3)18-19-13)17-14(20)16-11-7-5-6-9(2)8-11/h5-8,12H,4H2,1-3H3,(H,15,18,19)(H2,16,17,20). The highest BCUT2D eigenvalue weighted by atomic mass is 16.2. The van der Waals surface area contributed by atoms with Gasteiger partial charge in [0.1, 0.15) is 5.82 Å². The minimum atomic E-state index is -0.259. The number of carbonyl (C=O) groups is 1. The SMILES string of the molecule is CCC(NC(=O)Nc1cccc(C)c1)c1n[nH]c(C)n1. The molecule has 0 aliphatic carbocycles. The lowest BCUT2D eigenvalue weighted by Gasteiger charge is -2.14. The molecular formula is C14H19N5O. The summed E-state index contributed by atoms with van der Waals surface area (Å²) in [5.74, 6) is 1.34. The lowest BCUT2D eigenvalue weighted by molar-refractivity contribution is 0.247. The van der Waals surface area contributed by atoms with E-state index in [2.05, 4.69) is 25.8 Å². The van der Waals surface area contributed by atoms with Gasteiger partial charge in [0.25, 0.3) is 0 Å². The molecule has 0 saturated carbocycles. The fourth-order valence-corrected chi connectivity index (χ4v) is 1.91. The number of carbonyl (C=O) groups excluding carboxylic acids is 1. The third kappa shape index (κ3) is 3.57. The van der Waals surface area contributed by atoms with Crippen LogP contribution in [0.4, 0.5) is 10.5 Å². The number of anilines is 1. The second-order valence-corrected chi connectivity index (χ2v) is 4.71. The van der Waals surface area contributed by atoms with Crippen LogP contribution >= 0.6 is 0 Å². The van der Waals surface area contributed by atoms with E-state index >= 15 is 0 Å². The summed E-state index contributed by atoms with van der Waals surface area (Å²) in [7, 11) is 0. The number of hydrogen-bond acceptors (Lipinski definition) is 3. The molecule has 106 valence electrons. The Hall–Kier alpha value is -2.37. The maximum absolute atomic E-state index is 12.0. The van der Waals surface area contributed by atoms with Crippen molar-refractivity contribution in [3.8, 4) is 0 Å². The first-order chi connectivity index (χ1) is 9.58. The fourth-order valence-electron chi connectivity index (χ4n) is 1.91. The molecule has 20 heavy (non-hydrogen) atoms. The van der Waals surface area contributed by atoms with Crippen LogP contribution in [-0.4, -0.2) is 21.2 Å². The lowest BCUT2D eigenvalue weighted by atomic mass is 10.2. The smallest absolute Gasteiger partial charge is 0.319 e. The van der Waals surface area contributed by atoms with Crippen LogP contribution in [0.2, 0.25) is 0 Å². The van der Waals surface area contributed by atoms with Crippen LogP contribution in [0.25, 0.3) is 0 Å². The zero-order chi connectivity index (χ0) is 14.5. The average molecular weight is 273 g/mol. The molecule has 0 aliphatic rings. The molecule has 2 rings (SSSR count). The Kier molecular flexibility index (Phi) is 4.34. The molecule has 2 amide bonds. The number of amides is 2. The molecule has 6 heteroatoms.